The standard InChI is InChI=1S/C17H21FN2O6/c1-3-25-13(21)9-12(17(24)26-4-2)14(15(19)22)20-16(23)10-6-5-7-11(18)8-10/h5-8,12,14H,3-4,9H2,1-2H3,(H2,19,22)(H,20,23)/t12-,14+/m0/s1. The summed E-state index contributed by atoms with van der Waals surface area (Å²) < 4.78 is 22.9. The molecule has 1 aromatic carbocycles. The predicted octanol–water partition coefficient (Wildman–Crippen LogP) is 0.542. The molecule has 0 unspecified atom stereocenters. The molecule has 26 heavy (non-hydrogen) atoms. The molecule has 9 heteroatoms. The molecule has 2 amide bonds. The molecule has 8 nitrogen and oxygen atoms in total. The normalized spacial score (nSPS) is 12.6. The Morgan fingerprint density at radius 1 is 1.15 bits per heavy atom. The van der Waals surface area contributed by atoms with Crippen LogP contribution in [0.15, 0.2) is 24.3 Å². The van der Waals surface area contributed by atoms with E-state index in [2.05, 4.69) is 5.32 Å². The first-order chi connectivity index (χ1) is 12.3. The van der Waals surface area contributed by atoms with Crippen LogP contribution in [0.3, 0.4) is 0 Å². The lowest BCUT2D eigenvalue weighted by Crippen LogP contribution is -2.52. The largest absolute Gasteiger partial charge is 0.466 e. The number of esters is 2. The highest BCUT2D eigenvalue weighted by atomic mass is 19.1. The lowest BCUT2D eigenvalue weighted by atomic mass is 9.95. The topological polar surface area (TPSA) is 125 Å². The Balaban J connectivity index is 3.06. The smallest absolute Gasteiger partial charge is 0.312 e. The molecular formula is C17H21FN2O6. The van der Waals surface area contributed by atoms with Crippen molar-refractivity contribution in [3.63, 3.8) is 0 Å². The monoisotopic (exact) mass is 368 g/mol. The van der Waals surface area contributed by atoms with Gasteiger partial charge in [-0.05, 0) is 32.0 Å². The van der Waals surface area contributed by atoms with Gasteiger partial charge in [0.05, 0.1) is 25.6 Å². The third kappa shape index (κ3) is 6.15. The van der Waals surface area contributed by atoms with E-state index in [1.54, 1.807) is 13.8 Å². The van der Waals surface area contributed by atoms with Crippen molar-refractivity contribution in [3.8, 4) is 0 Å². The number of benzene rings is 1. The van der Waals surface area contributed by atoms with E-state index in [9.17, 15) is 23.6 Å². The number of primary amides is 1. The van der Waals surface area contributed by atoms with Gasteiger partial charge in [0.25, 0.3) is 5.91 Å². The molecule has 1 aromatic rings. The number of nitrogens with two attached hydrogens (primary N) is 1. The summed E-state index contributed by atoms with van der Waals surface area (Å²) in [5, 5.41) is 2.26. The molecule has 0 saturated heterocycles. The van der Waals surface area contributed by atoms with Crippen molar-refractivity contribution in [1.82, 2.24) is 5.32 Å². The van der Waals surface area contributed by atoms with Gasteiger partial charge < -0.3 is 20.5 Å². The molecule has 0 aromatic heterocycles. The lowest BCUT2D eigenvalue weighted by molar-refractivity contribution is -0.156. The zero-order valence-corrected chi connectivity index (χ0v) is 14.5. The van der Waals surface area contributed by atoms with E-state index in [1.807, 2.05) is 0 Å². The SMILES string of the molecule is CCOC(=O)C[C@H](C(=O)OCC)[C@@H](NC(=O)c1cccc(F)c1)C(N)=O. The number of rotatable bonds is 9. The lowest BCUT2D eigenvalue weighted by Gasteiger charge is -2.23. The Morgan fingerprint density at radius 3 is 2.35 bits per heavy atom. The molecule has 0 radical (unpaired) electrons. The van der Waals surface area contributed by atoms with Gasteiger partial charge in [-0.1, -0.05) is 6.07 Å². The van der Waals surface area contributed by atoms with E-state index in [0.29, 0.717) is 0 Å². The first kappa shape index (κ1) is 21.1. The Morgan fingerprint density at radius 2 is 1.81 bits per heavy atom. The van der Waals surface area contributed by atoms with E-state index in [0.717, 1.165) is 12.1 Å². The average Bonchev–Trinajstić information content (AvgIpc) is 2.58. The van der Waals surface area contributed by atoms with Gasteiger partial charge in [0.15, 0.2) is 0 Å². The summed E-state index contributed by atoms with van der Waals surface area (Å²) in [7, 11) is 0. The van der Waals surface area contributed by atoms with Gasteiger partial charge in [-0.2, -0.15) is 0 Å². The Bertz CT molecular complexity index is 679. The van der Waals surface area contributed by atoms with E-state index in [1.165, 1.54) is 12.1 Å². The zero-order chi connectivity index (χ0) is 19.7. The zero-order valence-electron chi connectivity index (χ0n) is 14.5. The van der Waals surface area contributed by atoms with Crippen molar-refractivity contribution >= 4 is 23.8 Å². The van der Waals surface area contributed by atoms with Gasteiger partial charge >= 0.3 is 11.9 Å². The summed E-state index contributed by atoms with van der Waals surface area (Å²) in [5.41, 5.74) is 5.22. The van der Waals surface area contributed by atoms with E-state index in [4.69, 9.17) is 15.2 Å². The fourth-order valence-electron chi connectivity index (χ4n) is 2.21. The van der Waals surface area contributed by atoms with E-state index >= 15 is 0 Å². The summed E-state index contributed by atoms with van der Waals surface area (Å²) in [6.07, 6.45) is -0.510. The van der Waals surface area contributed by atoms with Crippen LogP contribution in [-0.4, -0.2) is 43.0 Å². The Hall–Kier alpha value is -2.97. The highest BCUT2D eigenvalue weighted by Gasteiger charge is 2.37. The van der Waals surface area contributed by atoms with Crippen LogP contribution in [0.2, 0.25) is 0 Å². The molecule has 0 aliphatic heterocycles. The van der Waals surface area contributed by atoms with Crippen LogP contribution in [0, 0.1) is 11.7 Å². The van der Waals surface area contributed by atoms with Gasteiger partial charge in [-0.15, -0.1) is 0 Å². The minimum Gasteiger partial charge on any atom is -0.466 e. The molecule has 0 aliphatic carbocycles. The van der Waals surface area contributed by atoms with Gasteiger partial charge in [0.1, 0.15) is 11.9 Å². The Kier molecular flexibility index (Phi) is 8.20. The molecule has 3 N–H and O–H groups in total. The van der Waals surface area contributed by atoms with Crippen molar-refractivity contribution in [3.05, 3.63) is 35.6 Å². The molecule has 0 fully saturated rings. The number of ether oxygens (including phenoxy) is 2. The van der Waals surface area contributed by atoms with Crippen LogP contribution in [0.25, 0.3) is 0 Å². The second-order valence-electron chi connectivity index (χ2n) is 5.23. The van der Waals surface area contributed by atoms with Gasteiger partial charge in [0.2, 0.25) is 5.91 Å². The van der Waals surface area contributed by atoms with Crippen molar-refractivity contribution in [2.24, 2.45) is 11.7 Å². The second kappa shape index (κ2) is 10.1. The van der Waals surface area contributed by atoms with E-state index < -0.39 is 48.0 Å². The number of carbonyl (C=O) groups is 4. The molecule has 1 rings (SSSR count). The maximum atomic E-state index is 13.3. The summed E-state index contributed by atoms with van der Waals surface area (Å²) in [4.78, 5) is 47.9. The van der Waals surface area contributed by atoms with Crippen molar-refractivity contribution in [2.45, 2.75) is 26.3 Å². The highest BCUT2D eigenvalue weighted by molar-refractivity contribution is 5.99. The Labute approximate surface area is 149 Å². The number of halogens is 1. The molecule has 0 saturated carbocycles. The molecular weight excluding hydrogens is 347 g/mol. The van der Waals surface area contributed by atoms with Crippen LogP contribution in [-0.2, 0) is 23.9 Å². The van der Waals surface area contributed by atoms with Gasteiger partial charge in [0, 0.05) is 5.56 Å². The van der Waals surface area contributed by atoms with Crippen LogP contribution < -0.4 is 11.1 Å². The number of hydrogen-bond acceptors (Lipinski definition) is 6. The molecule has 0 bridgehead atoms. The van der Waals surface area contributed by atoms with Crippen LogP contribution in [0.4, 0.5) is 4.39 Å². The van der Waals surface area contributed by atoms with Gasteiger partial charge in [-0.3, -0.25) is 19.2 Å². The number of carbonyl (C=O) groups excluding carboxylic acids is 4. The van der Waals surface area contributed by atoms with Gasteiger partial charge in [-0.25, -0.2) is 4.39 Å². The molecule has 0 heterocycles. The van der Waals surface area contributed by atoms with Crippen LogP contribution >= 0.6 is 0 Å². The van der Waals surface area contributed by atoms with E-state index in [-0.39, 0.29) is 18.8 Å². The summed E-state index contributed by atoms with van der Waals surface area (Å²) in [6.45, 7) is 3.20. The molecule has 2 atom stereocenters. The predicted molar refractivity (Wildman–Crippen MR) is 88.2 cm³/mol. The summed E-state index contributed by atoms with van der Waals surface area (Å²) in [5.74, 6) is -5.53. The van der Waals surface area contributed by atoms with Crippen LogP contribution in [0.1, 0.15) is 30.6 Å². The third-order valence-corrected chi connectivity index (χ3v) is 3.36. The fourth-order valence-corrected chi connectivity index (χ4v) is 2.21. The first-order valence-electron chi connectivity index (χ1n) is 7.98. The molecule has 0 aliphatic rings. The number of hydrogen-bond donors (Lipinski definition) is 2. The minimum atomic E-state index is -1.53. The third-order valence-electron chi connectivity index (χ3n) is 3.36. The molecule has 0 spiro atoms. The van der Waals surface area contributed by atoms with Crippen LogP contribution in [0.5, 0.6) is 0 Å². The summed E-state index contributed by atoms with van der Waals surface area (Å²) >= 11 is 0. The number of amides is 2. The quantitative estimate of drug-likeness (QED) is 0.613. The number of nitrogens with one attached hydrogen (secondary N) is 1. The van der Waals surface area contributed by atoms with Crippen molar-refractivity contribution in [1.29, 1.82) is 0 Å². The fraction of sp³-hybridized carbons (Fsp3) is 0.412. The van der Waals surface area contributed by atoms with Crippen molar-refractivity contribution in [2.75, 3.05) is 13.2 Å². The molecule has 142 valence electrons. The second-order valence-corrected chi connectivity index (χ2v) is 5.23. The minimum absolute atomic E-state index is 0.00147. The van der Waals surface area contributed by atoms with Crippen molar-refractivity contribution < 1.29 is 33.0 Å². The maximum absolute atomic E-state index is 13.3. The first-order valence-corrected chi connectivity index (χ1v) is 7.98. The maximum Gasteiger partial charge on any atom is 0.312 e. The average molecular weight is 368 g/mol. The summed E-state index contributed by atoms with van der Waals surface area (Å²) in [6, 6.07) is 3.20. The highest BCUT2D eigenvalue weighted by Crippen LogP contribution is 2.15.